The molecule has 0 saturated heterocycles. The molecule has 0 amide bonds. The highest BCUT2D eigenvalue weighted by molar-refractivity contribution is 5.61. The minimum atomic E-state index is -0.291. The van der Waals surface area contributed by atoms with Gasteiger partial charge in [-0.3, -0.25) is 4.68 Å². The minimum absolute atomic E-state index is 0.291. The summed E-state index contributed by atoms with van der Waals surface area (Å²) in [4.78, 5) is 0. The van der Waals surface area contributed by atoms with E-state index in [1.54, 1.807) is 10.7 Å². The van der Waals surface area contributed by atoms with Crippen LogP contribution in [0, 0.1) is 5.82 Å². The van der Waals surface area contributed by atoms with Gasteiger partial charge in [0.1, 0.15) is 11.6 Å². The van der Waals surface area contributed by atoms with E-state index in [-0.39, 0.29) is 5.82 Å². The van der Waals surface area contributed by atoms with Crippen LogP contribution in [-0.2, 0) is 18.2 Å². The zero-order chi connectivity index (χ0) is 13.8. The third-order valence-corrected chi connectivity index (χ3v) is 2.83. The predicted molar refractivity (Wildman–Crippen MR) is 73.1 cm³/mol. The fourth-order valence-corrected chi connectivity index (χ4v) is 1.97. The summed E-state index contributed by atoms with van der Waals surface area (Å²) in [6, 6.07) is 6.59. The molecule has 3 nitrogen and oxygen atoms in total. The Labute approximate surface area is 112 Å². The van der Waals surface area contributed by atoms with Crippen molar-refractivity contribution in [1.82, 2.24) is 9.78 Å². The third kappa shape index (κ3) is 3.22. The normalized spacial score (nSPS) is 10.5. The first-order valence-corrected chi connectivity index (χ1v) is 6.19. The molecule has 0 aliphatic carbocycles. The molecule has 2 rings (SSSR count). The second kappa shape index (κ2) is 5.69. The van der Waals surface area contributed by atoms with Crippen LogP contribution in [0.1, 0.15) is 23.7 Å². The van der Waals surface area contributed by atoms with Crippen molar-refractivity contribution in [2.45, 2.75) is 13.3 Å². The Morgan fingerprint density at radius 1 is 1.42 bits per heavy atom. The molecule has 0 unspecified atom stereocenters. The highest BCUT2D eigenvalue weighted by atomic mass is 19.1. The molecule has 0 spiro atoms. The fourth-order valence-electron chi connectivity index (χ4n) is 1.97. The highest BCUT2D eigenvalue weighted by Crippen LogP contribution is 2.22. The maximum absolute atomic E-state index is 13.4. The van der Waals surface area contributed by atoms with Gasteiger partial charge in [-0.1, -0.05) is 12.6 Å². The molecule has 100 valence electrons. The molecule has 19 heavy (non-hydrogen) atoms. The van der Waals surface area contributed by atoms with Gasteiger partial charge in [0.25, 0.3) is 0 Å². The van der Waals surface area contributed by atoms with Crippen LogP contribution in [0.2, 0.25) is 0 Å². The molecule has 0 aliphatic heterocycles. The average molecular weight is 260 g/mol. The molecule has 0 saturated carbocycles. The van der Waals surface area contributed by atoms with Crippen molar-refractivity contribution in [3.8, 4) is 0 Å². The van der Waals surface area contributed by atoms with Gasteiger partial charge in [-0.15, -0.1) is 0 Å². The number of benzene rings is 1. The van der Waals surface area contributed by atoms with Gasteiger partial charge in [0, 0.05) is 25.2 Å². The van der Waals surface area contributed by atoms with Crippen LogP contribution >= 0.6 is 0 Å². The van der Waals surface area contributed by atoms with Crippen LogP contribution in [0.25, 0.3) is 5.76 Å². The molecule has 0 aliphatic rings. The predicted octanol–water partition coefficient (Wildman–Crippen LogP) is 3.16. The Hall–Kier alpha value is -2.10. The van der Waals surface area contributed by atoms with Gasteiger partial charge in [0.05, 0.1) is 12.3 Å². The lowest BCUT2D eigenvalue weighted by molar-refractivity contribution is 0.298. The summed E-state index contributed by atoms with van der Waals surface area (Å²) >= 11 is 0. The number of nitrogens with zero attached hydrogens (tertiary/aromatic N) is 2. The van der Waals surface area contributed by atoms with E-state index in [0.717, 1.165) is 11.3 Å². The van der Waals surface area contributed by atoms with Crippen LogP contribution in [0.3, 0.4) is 0 Å². The zero-order valence-corrected chi connectivity index (χ0v) is 11.2. The highest BCUT2D eigenvalue weighted by Gasteiger charge is 2.10. The van der Waals surface area contributed by atoms with E-state index in [1.807, 2.05) is 26.2 Å². The third-order valence-electron chi connectivity index (χ3n) is 2.83. The van der Waals surface area contributed by atoms with Gasteiger partial charge in [0.2, 0.25) is 0 Å². The molecule has 2 aromatic rings. The first-order valence-electron chi connectivity index (χ1n) is 6.19. The van der Waals surface area contributed by atoms with Crippen LogP contribution in [0.15, 0.2) is 37.0 Å². The molecule has 0 N–H and O–H groups in total. The van der Waals surface area contributed by atoms with Gasteiger partial charge in [-0.05, 0) is 30.7 Å². The van der Waals surface area contributed by atoms with Crippen LogP contribution in [0.4, 0.5) is 4.39 Å². The minimum Gasteiger partial charge on any atom is -0.494 e. The van der Waals surface area contributed by atoms with Gasteiger partial charge in [-0.2, -0.15) is 5.10 Å². The molecule has 1 heterocycles. The molecule has 0 bridgehead atoms. The van der Waals surface area contributed by atoms with E-state index in [0.29, 0.717) is 24.4 Å². The van der Waals surface area contributed by atoms with Gasteiger partial charge in [0.15, 0.2) is 0 Å². The van der Waals surface area contributed by atoms with E-state index in [9.17, 15) is 4.39 Å². The van der Waals surface area contributed by atoms with E-state index < -0.39 is 0 Å². The van der Waals surface area contributed by atoms with Crippen molar-refractivity contribution in [3.63, 3.8) is 0 Å². The van der Waals surface area contributed by atoms with E-state index in [4.69, 9.17) is 4.74 Å². The number of hydrogen-bond acceptors (Lipinski definition) is 2. The van der Waals surface area contributed by atoms with Crippen LogP contribution in [0.5, 0.6) is 0 Å². The zero-order valence-electron chi connectivity index (χ0n) is 11.2. The summed E-state index contributed by atoms with van der Waals surface area (Å²) in [5, 5.41) is 4.33. The van der Waals surface area contributed by atoms with Crippen molar-refractivity contribution in [1.29, 1.82) is 0 Å². The lowest BCUT2D eigenvalue weighted by atomic mass is 10.0. The topological polar surface area (TPSA) is 27.1 Å². The summed E-state index contributed by atoms with van der Waals surface area (Å²) in [5.74, 6) is 0.202. The number of ether oxygens (including phenoxy) is 1. The summed E-state index contributed by atoms with van der Waals surface area (Å²) in [5.41, 5.74) is 2.59. The second-order valence-corrected chi connectivity index (χ2v) is 4.32. The standard InChI is InChI=1S/C15H17FN2O/c1-4-19-11(2)15-10-13(16)6-5-12(15)9-14-7-8-18(3)17-14/h5-8,10H,2,4,9H2,1,3H3. The molecule has 4 heteroatoms. The molecular formula is C15H17FN2O. The lowest BCUT2D eigenvalue weighted by Gasteiger charge is -2.12. The van der Waals surface area contributed by atoms with Crippen LogP contribution in [-0.4, -0.2) is 16.4 Å². The molecule has 0 atom stereocenters. The monoisotopic (exact) mass is 260 g/mol. The van der Waals surface area contributed by atoms with Crippen molar-refractivity contribution >= 4 is 5.76 Å². The van der Waals surface area contributed by atoms with Crippen molar-refractivity contribution in [3.05, 3.63) is 59.7 Å². The second-order valence-electron chi connectivity index (χ2n) is 4.32. The number of hydrogen-bond donors (Lipinski definition) is 0. The number of aromatic nitrogens is 2. The molecule has 1 aromatic carbocycles. The van der Waals surface area contributed by atoms with E-state index >= 15 is 0 Å². The summed E-state index contributed by atoms with van der Waals surface area (Å²) < 4.78 is 20.5. The molecular weight excluding hydrogens is 243 g/mol. The Bertz CT molecular complexity index is 590. The maximum Gasteiger partial charge on any atom is 0.123 e. The van der Waals surface area contributed by atoms with Crippen molar-refractivity contribution in [2.75, 3.05) is 6.61 Å². The van der Waals surface area contributed by atoms with E-state index in [1.165, 1.54) is 12.1 Å². The summed E-state index contributed by atoms with van der Waals surface area (Å²) in [6.07, 6.45) is 2.51. The number of rotatable bonds is 5. The maximum atomic E-state index is 13.4. The van der Waals surface area contributed by atoms with Crippen molar-refractivity contribution < 1.29 is 9.13 Å². The van der Waals surface area contributed by atoms with Gasteiger partial charge >= 0.3 is 0 Å². The van der Waals surface area contributed by atoms with Gasteiger partial charge < -0.3 is 4.74 Å². The first kappa shape index (κ1) is 13.3. The van der Waals surface area contributed by atoms with Gasteiger partial charge in [-0.25, -0.2) is 4.39 Å². The lowest BCUT2D eigenvalue weighted by Crippen LogP contribution is -2.00. The summed E-state index contributed by atoms with van der Waals surface area (Å²) in [6.45, 7) is 6.24. The Morgan fingerprint density at radius 2 is 2.21 bits per heavy atom. The average Bonchev–Trinajstić information content (AvgIpc) is 2.77. The summed E-state index contributed by atoms with van der Waals surface area (Å²) in [7, 11) is 1.87. The van der Waals surface area contributed by atoms with E-state index in [2.05, 4.69) is 11.7 Å². The first-order chi connectivity index (χ1) is 9.10. The quantitative estimate of drug-likeness (QED) is 0.772. The SMILES string of the molecule is C=C(OCC)c1cc(F)ccc1Cc1ccn(C)n1. The largest absolute Gasteiger partial charge is 0.494 e. The number of aryl methyl sites for hydroxylation is 1. The Balaban J connectivity index is 2.31. The molecule has 0 radical (unpaired) electrons. The molecule has 1 aromatic heterocycles. The Kier molecular flexibility index (Phi) is 4.00. The molecule has 0 fully saturated rings. The smallest absolute Gasteiger partial charge is 0.123 e. The fraction of sp³-hybridized carbons (Fsp3) is 0.267. The Morgan fingerprint density at radius 3 is 2.84 bits per heavy atom. The van der Waals surface area contributed by atoms with Crippen LogP contribution < -0.4 is 0 Å². The van der Waals surface area contributed by atoms with Crippen molar-refractivity contribution in [2.24, 2.45) is 7.05 Å². The number of halogens is 1.